The Morgan fingerprint density at radius 1 is 0.906 bits per heavy atom. The average Bonchev–Trinajstić information content (AvgIpc) is 2.72. The number of hydrogen-bond acceptors (Lipinski definition) is 5. The molecule has 32 heavy (non-hydrogen) atoms. The largest absolute Gasteiger partial charge is 0.376 e. The molecule has 0 aliphatic rings. The maximum atomic E-state index is 13.7. The highest BCUT2D eigenvalue weighted by atomic mass is 32.2. The molecule has 0 amide bonds. The Hall–Kier alpha value is -1.36. The molecule has 0 aliphatic carbocycles. The number of hydrogen-bond donors (Lipinski definition) is 0. The smallest absolute Gasteiger partial charge is 0.309 e. The molecule has 4 nitrogen and oxygen atoms in total. The van der Waals surface area contributed by atoms with Crippen molar-refractivity contribution in [3.8, 4) is 5.75 Å². The van der Waals surface area contributed by atoms with Crippen molar-refractivity contribution < 1.29 is 39.3 Å². The molecule has 0 radical (unpaired) electrons. The van der Waals surface area contributed by atoms with Crippen molar-refractivity contribution in [1.29, 1.82) is 0 Å². The van der Waals surface area contributed by atoms with Crippen molar-refractivity contribution in [3.05, 3.63) is 29.1 Å². The Balaban J connectivity index is 2.58. The average molecular weight is 505 g/mol. The van der Waals surface area contributed by atoms with Gasteiger partial charge in [-0.05, 0) is 24.0 Å². The first-order chi connectivity index (χ1) is 14.8. The van der Waals surface area contributed by atoms with E-state index in [1.165, 1.54) is 6.42 Å². The second-order valence-electron chi connectivity index (χ2n) is 8.30. The van der Waals surface area contributed by atoms with Crippen molar-refractivity contribution >= 4 is 27.7 Å². The Kier molecular flexibility index (Phi) is 11.4. The Labute approximate surface area is 190 Å². The van der Waals surface area contributed by atoms with Crippen molar-refractivity contribution in [2.45, 2.75) is 65.7 Å². The number of halogens is 5. The Morgan fingerprint density at radius 2 is 1.47 bits per heavy atom. The normalized spacial score (nSPS) is 12.2. The van der Waals surface area contributed by atoms with Crippen LogP contribution < -0.4 is 4.18 Å². The lowest BCUT2D eigenvalue weighted by Gasteiger charge is -2.23. The predicted octanol–water partition coefficient (Wildman–Crippen LogP) is 6.17. The molecule has 0 bridgehead atoms. The molecule has 0 heterocycles. The van der Waals surface area contributed by atoms with Crippen molar-refractivity contribution in [3.63, 3.8) is 0 Å². The Bertz CT molecular complexity index is 860. The van der Waals surface area contributed by atoms with Gasteiger partial charge in [-0.2, -0.15) is 29.0 Å². The van der Waals surface area contributed by atoms with Crippen molar-refractivity contribution in [2.24, 2.45) is 5.41 Å². The van der Waals surface area contributed by atoms with Gasteiger partial charge in [0.1, 0.15) is 5.78 Å². The third-order valence-electron chi connectivity index (χ3n) is 4.75. The van der Waals surface area contributed by atoms with Crippen LogP contribution in [0.15, 0.2) is 0 Å². The second-order valence-corrected chi connectivity index (χ2v) is 11.2. The molecule has 0 aliphatic heterocycles. The number of benzene rings is 1. The van der Waals surface area contributed by atoms with Crippen LogP contribution in [0.25, 0.3) is 0 Å². The van der Waals surface area contributed by atoms with Gasteiger partial charge in [-0.15, -0.1) is 0 Å². The first kappa shape index (κ1) is 28.7. The van der Waals surface area contributed by atoms with E-state index in [2.05, 4.69) is 11.1 Å². The van der Waals surface area contributed by atoms with Gasteiger partial charge in [0.25, 0.3) is 0 Å². The van der Waals surface area contributed by atoms with Gasteiger partial charge in [-0.25, -0.2) is 13.2 Å². The van der Waals surface area contributed by atoms with Gasteiger partial charge in [0.05, 0.1) is 5.75 Å². The summed E-state index contributed by atoms with van der Waals surface area (Å²) >= 11 is 1.69. The van der Waals surface area contributed by atoms with Crippen LogP contribution in [0.1, 0.15) is 65.7 Å². The molecule has 184 valence electrons. The monoisotopic (exact) mass is 504 g/mol. The van der Waals surface area contributed by atoms with Gasteiger partial charge < -0.3 is 4.18 Å². The third-order valence-corrected chi connectivity index (χ3v) is 6.95. The zero-order valence-electron chi connectivity index (χ0n) is 18.4. The minimum absolute atomic E-state index is 0.0471. The van der Waals surface area contributed by atoms with E-state index in [-0.39, 0.29) is 18.6 Å². The first-order valence-electron chi connectivity index (χ1n) is 10.3. The molecule has 11 heteroatoms. The van der Waals surface area contributed by atoms with Crippen LogP contribution in [0.3, 0.4) is 0 Å². The van der Waals surface area contributed by atoms with E-state index in [4.69, 9.17) is 0 Å². The second kappa shape index (κ2) is 12.8. The number of rotatable bonds is 15. The van der Waals surface area contributed by atoms with E-state index in [0.29, 0.717) is 12.2 Å². The number of Topliss-reactive ketones (excluding diaryl/α,β-unsaturated/α-hetero) is 1. The van der Waals surface area contributed by atoms with Crippen LogP contribution in [0, 0.1) is 34.5 Å². The van der Waals surface area contributed by atoms with Crippen LogP contribution in [0.4, 0.5) is 22.0 Å². The van der Waals surface area contributed by atoms with Crippen LogP contribution in [0.2, 0.25) is 0 Å². The third kappa shape index (κ3) is 9.25. The molecule has 1 aromatic rings. The Morgan fingerprint density at radius 3 is 2.03 bits per heavy atom. The minimum atomic E-state index is -4.68. The summed E-state index contributed by atoms with van der Waals surface area (Å²) in [6.07, 6.45) is 4.91. The van der Waals surface area contributed by atoms with Crippen LogP contribution in [-0.2, 0) is 14.9 Å². The summed E-state index contributed by atoms with van der Waals surface area (Å²) in [7, 11) is -4.68. The standard InChI is InChI=1S/C21H29F5O4S2/c1-4-5-6-7-10-31-11-8-14(27)13-21(2,3)9-12-32(28,29)30-20-18(25)16(23)15(22)17(24)19(20)26/h4-13H2,1-3H3. The molecule has 0 saturated carbocycles. The molecular formula is C21H29F5O4S2. The van der Waals surface area contributed by atoms with E-state index in [0.717, 1.165) is 25.0 Å². The highest BCUT2D eigenvalue weighted by molar-refractivity contribution is 7.99. The summed E-state index contributed by atoms with van der Waals surface area (Å²) < 4.78 is 95.2. The van der Waals surface area contributed by atoms with Gasteiger partial charge in [0, 0.05) is 18.6 Å². The molecule has 0 spiro atoms. The molecule has 1 rings (SSSR count). The van der Waals surface area contributed by atoms with Crippen LogP contribution in [0.5, 0.6) is 5.75 Å². The van der Waals surface area contributed by atoms with E-state index >= 15 is 0 Å². The van der Waals surface area contributed by atoms with E-state index in [1.54, 1.807) is 25.6 Å². The molecule has 0 atom stereocenters. The summed E-state index contributed by atoms with van der Waals surface area (Å²) in [5, 5.41) is 0. The molecule has 0 unspecified atom stereocenters. The summed E-state index contributed by atoms with van der Waals surface area (Å²) in [4.78, 5) is 12.2. The molecule has 0 N–H and O–H groups in total. The van der Waals surface area contributed by atoms with E-state index < -0.39 is 56.1 Å². The summed E-state index contributed by atoms with van der Waals surface area (Å²) in [6.45, 7) is 5.43. The molecule has 1 aromatic carbocycles. The zero-order chi connectivity index (χ0) is 24.5. The number of thioether (sulfide) groups is 1. The first-order valence-corrected chi connectivity index (χ1v) is 13.1. The van der Waals surface area contributed by atoms with Gasteiger partial charge in [0.2, 0.25) is 34.8 Å². The lowest BCUT2D eigenvalue weighted by Crippen LogP contribution is -2.24. The van der Waals surface area contributed by atoms with Gasteiger partial charge in [-0.1, -0.05) is 40.0 Å². The quantitative estimate of drug-likeness (QED) is 0.0940. The lowest BCUT2D eigenvalue weighted by atomic mass is 9.84. The fraction of sp³-hybridized carbons (Fsp3) is 0.667. The number of carbonyl (C=O) groups is 1. The highest BCUT2D eigenvalue weighted by Gasteiger charge is 2.31. The minimum Gasteiger partial charge on any atom is -0.376 e. The van der Waals surface area contributed by atoms with Crippen LogP contribution in [-0.4, -0.2) is 31.5 Å². The predicted molar refractivity (Wildman–Crippen MR) is 115 cm³/mol. The van der Waals surface area contributed by atoms with Gasteiger partial charge >= 0.3 is 10.1 Å². The van der Waals surface area contributed by atoms with E-state index in [9.17, 15) is 35.2 Å². The maximum Gasteiger partial charge on any atom is 0.309 e. The topological polar surface area (TPSA) is 60.4 Å². The summed E-state index contributed by atoms with van der Waals surface area (Å²) in [5.74, 6) is -12.8. The molecule has 0 fully saturated rings. The number of carbonyl (C=O) groups excluding carboxylic acids is 1. The highest BCUT2D eigenvalue weighted by Crippen LogP contribution is 2.32. The fourth-order valence-electron chi connectivity index (χ4n) is 2.86. The molecule has 0 aromatic heterocycles. The maximum absolute atomic E-state index is 13.7. The zero-order valence-corrected chi connectivity index (χ0v) is 20.0. The van der Waals surface area contributed by atoms with E-state index in [1.807, 2.05) is 0 Å². The molecule has 0 saturated heterocycles. The summed E-state index contributed by atoms with van der Waals surface area (Å²) in [5.41, 5.74) is -0.768. The van der Waals surface area contributed by atoms with Crippen molar-refractivity contribution in [2.75, 3.05) is 17.3 Å². The van der Waals surface area contributed by atoms with Crippen molar-refractivity contribution in [1.82, 2.24) is 0 Å². The number of unbranched alkanes of at least 4 members (excludes halogenated alkanes) is 3. The fourth-order valence-corrected chi connectivity index (χ4v) is 5.13. The van der Waals surface area contributed by atoms with Crippen LogP contribution >= 0.6 is 11.8 Å². The molecular weight excluding hydrogens is 475 g/mol. The lowest BCUT2D eigenvalue weighted by molar-refractivity contribution is -0.120. The van der Waals surface area contributed by atoms with Gasteiger partial charge in [-0.3, -0.25) is 4.79 Å². The SMILES string of the molecule is CCCCCCSCCC(=O)CC(C)(C)CCS(=O)(=O)Oc1c(F)c(F)c(F)c(F)c1F. The number of ketones is 1. The summed E-state index contributed by atoms with van der Waals surface area (Å²) in [6, 6.07) is 0. The van der Waals surface area contributed by atoms with Gasteiger partial charge in [0.15, 0.2) is 0 Å².